The van der Waals surface area contributed by atoms with Gasteiger partial charge in [-0.25, -0.2) is 9.78 Å². The van der Waals surface area contributed by atoms with Crippen LogP contribution in [0.5, 0.6) is 11.6 Å². The molecule has 0 radical (unpaired) electrons. The monoisotopic (exact) mass is 331 g/mol. The second kappa shape index (κ2) is 8.43. The van der Waals surface area contributed by atoms with Crippen molar-refractivity contribution in [1.82, 2.24) is 10.3 Å². The van der Waals surface area contributed by atoms with Crippen LogP contribution in [-0.4, -0.2) is 30.9 Å². The number of hydrogen-bond donors (Lipinski definition) is 1. The van der Waals surface area contributed by atoms with E-state index >= 15 is 0 Å². The van der Waals surface area contributed by atoms with Crippen molar-refractivity contribution in [3.05, 3.63) is 42.6 Å². The Bertz CT molecular complexity index is 647. The number of nitrogens with zero attached hydrogens (tertiary/aromatic N) is 2. The molecule has 0 fully saturated rings. The van der Waals surface area contributed by atoms with Crippen molar-refractivity contribution in [3.8, 4) is 11.6 Å². The highest BCUT2D eigenvalue weighted by molar-refractivity contribution is 7.99. The summed E-state index contributed by atoms with van der Waals surface area (Å²) in [4.78, 5) is 18.5. The zero-order valence-corrected chi connectivity index (χ0v) is 14.4. The minimum atomic E-state index is -0.165. The molecular formula is C17H21N3O2S. The topological polar surface area (TPSA) is 54.5 Å². The number of anilines is 1. The summed E-state index contributed by atoms with van der Waals surface area (Å²) in [5.41, 5.74) is 0.790. The van der Waals surface area contributed by atoms with Crippen molar-refractivity contribution in [1.29, 1.82) is 0 Å². The minimum absolute atomic E-state index is 0.165. The molecule has 1 aromatic heterocycles. The molecule has 1 heterocycles. The van der Waals surface area contributed by atoms with E-state index in [4.69, 9.17) is 4.74 Å². The summed E-state index contributed by atoms with van der Waals surface area (Å²) >= 11 is 1.73. The van der Waals surface area contributed by atoms with Gasteiger partial charge < -0.3 is 10.1 Å². The molecule has 0 spiro atoms. The molecule has 2 aromatic rings. The molecular weight excluding hydrogens is 310 g/mol. The lowest BCUT2D eigenvalue weighted by Gasteiger charge is -2.17. The second-order valence-corrected chi connectivity index (χ2v) is 6.00. The number of amides is 2. The van der Waals surface area contributed by atoms with E-state index in [-0.39, 0.29) is 6.03 Å². The lowest BCUT2D eigenvalue weighted by molar-refractivity contribution is 0.249. The quantitative estimate of drug-likeness (QED) is 0.808. The van der Waals surface area contributed by atoms with Crippen LogP contribution in [0.3, 0.4) is 0 Å². The number of rotatable bonds is 6. The Hall–Kier alpha value is -2.21. The molecule has 2 amide bonds. The van der Waals surface area contributed by atoms with Crippen molar-refractivity contribution in [3.63, 3.8) is 0 Å². The fraction of sp³-hybridized carbons (Fsp3) is 0.294. The molecule has 0 aliphatic carbocycles. The van der Waals surface area contributed by atoms with Crippen LogP contribution in [0.15, 0.2) is 47.5 Å². The maximum atomic E-state index is 11.6. The molecule has 1 N–H and O–H groups in total. The van der Waals surface area contributed by atoms with Crippen LogP contribution in [0.25, 0.3) is 0 Å². The van der Waals surface area contributed by atoms with Gasteiger partial charge >= 0.3 is 6.03 Å². The fourth-order valence-electron chi connectivity index (χ4n) is 1.91. The number of hydrogen-bond acceptors (Lipinski definition) is 4. The van der Waals surface area contributed by atoms with Gasteiger partial charge in [0.25, 0.3) is 0 Å². The summed E-state index contributed by atoms with van der Waals surface area (Å²) in [6.45, 7) is 2.14. The Labute approximate surface area is 141 Å². The van der Waals surface area contributed by atoms with Crippen LogP contribution in [0.2, 0.25) is 0 Å². The first-order valence-electron chi connectivity index (χ1n) is 7.47. The number of aromatic nitrogens is 1. The highest BCUT2D eigenvalue weighted by atomic mass is 32.2. The summed E-state index contributed by atoms with van der Waals surface area (Å²) in [5.74, 6) is 2.33. The SMILES string of the molecule is CCCSc1cccnc1Oc1ccc(N(C)C(=O)NC)cc1. The lowest BCUT2D eigenvalue weighted by Crippen LogP contribution is -2.34. The highest BCUT2D eigenvalue weighted by Crippen LogP contribution is 2.31. The number of ether oxygens (including phenoxy) is 1. The largest absolute Gasteiger partial charge is 0.438 e. The van der Waals surface area contributed by atoms with Crippen LogP contribution < -0.4 is 15.0 Å². The minimum Gasteiger partial charge on any atom is -0.438 e. The van der Waals surface area contributed by atoms with E-state index in [1.54, 1.807) is 32.1 Å². The van der Waals surface area contributed by atoms with Gasteiger partial charge in [0.15, 0.2) is 0 Å². The summed E-state index contributed by atoms with van der Waals surface area (Å²) in [6.07, 6.45) is 2.82. The smallest absolute Gasteiger partial charge is 0.321 e. The molecule has 23 heavy (non-hydrogen) atoms. The number of thioether (sulfide) groups is 1. The Morgan fingerprint density at radius 1 is 1.30 bits per heavy atom. The van der Waals surface area contributed by atoms with Crippen molar-refractivity contribution < 1.29 is 9.53 Å². The molecule has 2 rings (SSSR count). The van der Waals surface area contributed by atoms with E-state index in [9.17, 15) is 4.79 Å². The molecule has 0 bridgehead atoms. The Morgan fingerprint density at radius 2 is 2.04 bits per heavy atom. The van der Waals surface area contributed by atoms with E-state index < -0.39 is 0 Å². The average molecular weight is 331 g/mol. The van der Waals surface area contributed by atoms with Crippen LogP contribution in [0.4, 0.5) is 10.5 Å². The van der Waals surface area contributed by atoms with Gasteiger partial charge in [-0.15, -0.1) is 11.8 Å². The molecule has 6 heteroatoms. The molecule has 0 atom stereocenters. The second-order valence-electron chi connectivity index (χ2n) is 4.87. The molecule has 0 aliphatic rings. The van der Waals surface area contributed by atoms with Gasteiger partial charge in [-0.05, 0) is 48.6 Å². The van der Waals surface area contributed by atoms with E-state index in [1.165, 1.54) is 4.90 Å². The zero-order valence-electron chi connectivity index (χ0n) is 13.6. The van der Waals surface area contributed by atoms with E-state index in [0.717, 1.165) is 22.8 Å². The number of benzene rings is 1. The van der Waals surface area contributed by atoms with Gasteiger partial charge in [0.05, 0.1) is 4.90 Å². The van der Waals surface area contributed by atoms with Gasteiger partial charge in [-0.3, -0.25) is 4.90 Å². The van der Waals surface area contributed by atoms with Gasteiger partial charge in [-0.2, -0.15) is 0 Å². The third-order valence-electron chi connectivity index (χ3n) is 3.15. The Balaban J connectivity index is 2.11. The summed E-state index contributed by atoms with van der Waals surface area (Å²) in [6, 6.07) is 11.1. The van der Waals surface area contributed by atoms with Crippen LogP contribution >= 0.6 is 11.8 Å². The van der Waals surface area contributed by atoms with Gasteiger partial charge in [0.1, 0.15) is 5.75 Å². The Morgan fingerprint density at radius 3 is 2.70 bits per heavy atom. The highest BCUT2D eigenvalue weighted by Gasteiger charge is 2.10. The van der Waals surface area contributed by atoms with Crippen molar-refractivity contribution in [2.45, 2.75) is 18.2 Å². The summed E-state index contributed by atoms with van der Waals surface area (Å²) < 4.78 is 5.88. The summed E-state index contributed by atoms with van der Waals surface area (Å²) in [7, 11) is 3.32. The predicted octanol–water partition coefficient (Wildman–Crippen LogP) is 4.15. The number of urea groups is 1. The van der Waals surface area contributed by atoms with Crippen LogP contribution in [-0.2, 0) is 0 Å². The van der Waals surface area contributed by atoms with Crippen LogP contribution in [0, 0.1) is 0 Å². The first-order chi connectivity index (χ1) is 11.2. The van der Waals surface area contributed by atoms with E-state index in [0.29, 0.717) is 11.6 Å². The third kappa shape index (κ3) is 4.63. The van der Waals surface area contributed by atoms with Gasteiger partial charge in [0, 0.05) is 26.0 Å². The van der Waals surface area contributed by atoms with Crippen LogP contribution in [0.1, 0.15) is 13.3 Å². The first kappa shape index (κ1) is 17.1. The van der Waals surface area contributed by atoms with Gasteiger partial charge in [0.2, 0.25) is 5.88 Å². The fourth-order valence-corrected chi connectivity index (χ4v) is 2.73. The van der Waals surface area contributed by atoms with Crippen molar-refractivity contribution in [2.75, 3.05) is 24.7 Å². The zero-order chi connectivity index (χ0) is 16.7. The number of carbonyl (C=O) groups excluding carboxylic acids is 1. The Kier molecular flexibility index (Phi) is 6.29. The summed E-state index contributed by atoms with van der Waals surface area (Å²) in [5, 5.41) is 2.59. The maximum Gasteiger partial charge on any atom is 0.321 e. The molecule has 0 unspecified atom stereocenters. The third-order valence-corrected chi connectivity index (χ3v) is 4.39. The number of nitrogens with one attached hydrogen (secondary N) is 1. The predicted molar refractivity (Wildman–Crippen MR) is 94.6 cm³/mol. The maximum absolute atomic E-state index is 11.6. The van der Waals surface area contributed by atoms with E-state index in [1.807, 2.05) is 36.4 Å². The normalized spacial score (nSPS) is 10.2. The molecule has 1 aromatic carbocycles. The number of pyridine rings is 1. The molecule has 0 saturated carbocycles. The molecule has 122 valence electrons. The van der Waals surface area contributed by atoms with Crippen molar-refractivity contribution in [2.24, 2.45) is 0 Å². The first-order valence-corrected chi connectivity index (χ1v) is 8.45. The molecule has 0 saturated heterocycles. The van der Waals surface area contributed by atoms with Crippen molar-refractivity contribution >= 4 is 23.5 Å². The number of carbonyl (C=O) groups is 1. The average Bonchev–Trinajstić information content (AvgIpc) is 2.60. The van der Waals surface area contributed by atoms with E-state index in [2.05, 4.69) is 17.2 Å². The van der Waals surface area contributed by atoms with Gasteiger partial charge in [-0.1, -0.05) is 6.92 Å². The standard InChI is InChI=1S/C17H21N3O2S/c1-4-12-23-15-6-5-11-19-16(15)22-14-9-7-13(8-10-14)20(3)17(21)18-2/h5-11H,4,12H2,1-3H3,(H,18,21). The molecule has 0 aliphatic heterocycles. The lowest BCUT2D eigenvalue weighted by atomic mass is 10.3. The molecule has 5 nitrogen and oxygen atoms in total.